The first kappa shape index (κ1) is 12.2. The lowest BCUT2D eigenvalue weighted by atomic mass is 10.1. The van der Waals surface area contributed by atoms with Crippen LogP contribution in [0.15, 0.2) is 12.7 Å². The summed E-state index contributed by atoms with van der Waals surface area (Å²) in [5.41, 5.74) is 0. The van der Waals surface area contributed by atoms with Crippen molar-refractivity contribution in [2.24, 2.45) is 0 Å². The fourth-order valence-electron chi connectivity index (χ4n) is 1.34. The van der Waals surface area contributed by atoms with Crippen molar-refractivity contribution in [1.29, 1.82) is 0 Å². The third kappa shape index (κ3) is 5.42. The maximum absolute atomic E-state index is 10.5. The van der Waals surface area contributed by atoms with Gasteiger partial charge in [-0.1, -0.05) is 19.4 Å². The maximum Gasteiger partial charge on any atom is 0.317 e. The predicted molar refractivity (Wildman–Crippen MR) is 53.8 cm³/mol. The monoisotopic (exact) mass is 185 g/mol. The van der Waals surface area contributed by atoms with Crippen LogP contribution in [0.4, 0.5) is 0 Å². The molecule has 3 nitrogen and oxygen atoms in total. The van der Waals surface area contributed by atoms with Crippen molar-refractivity contribution in [3.63, 3.8) is 0 Å². The molecule has 0 aromatic carbocycles. The van der Waals surface area contributed by atoms with Crippen molar-refractivity contribution < 1.29 is 9.90 Å². The summed E-state index contributed by atoms with van der Waals surface area (Å²) in [7, 11) is 0. The highest BCUT2D eigenvalue weighted by Crippen LogP contribution is 2.05. The molecule has 0 aromatic heterocycles. The number of carboxylic acids is 1. The van der Waals surface area contributed by atoms with E-state index in [2.05, 4.69) is 20.4 Å². The molecule has 0 aliphatic heterocycles. The van der Waals surface area contributed by atoms with E-state index < -0.39 is 5.97 Å². The highest BCUT2D eigenvalue weighted by Gasteiger charge is 2.14. The molecule has 13 heavy (non-hydrogen) atoms. The second kappa shape index (κ2) is 6.66. The molecule has 0 saturated carbocycles. The number of hydrogen-bond acceptors (Lipinski definition) is 2. The molecule has 0 aromatic rings. The first-order valence-electron chi connectivity index (χ1n) is 4.68. The fraction of sp³-hybridized carbons (Fsp3) is 0.700. The zero-order valence-electron chi connectivity index (χ0n) is 8.49. The highest BCUT2D eigenvalue weighted by atomic mass is 16.4. The molecule has 0 saturated heterocycles. The second-order valence-corrected chi connectivity index (χ2v) is 3.25. The normalized spacial score (nSPS) is 12.8. The summed E-state index contributed by atoms with van der Waals surface area (Å²) in [5, 5.41) is 8.65. The van der Waals surface area contributed by atoms with E-state index in [1.807, 2.05) is 4.90 Å². The van der Waals surface area contributed by atoms with Crippen LogP contribution < -0.4 is 0 Å². The van der Waals surface area contributed by atoms with Crippen LogP contribution in [-0.2, 0) is 4.79 Å². The molecule has 0 aliphatic rings. The number of hydrogen-bond donors (Lipinski definition) is 1. The molecule has 0 heterocycles. The summed E-state index contributed by atoms with van der Waals surface area (Å²) in [5.74, 6) is -0.773. The van der Waals surface area contributed by atoms with E-state index in [-0.39, 0.29) is 6.54 Å². The van der Waals surface area contributed by atoms with Gasteiger partial charge >= 0.3 is 5.97 Å². The van der Waals surface area contributed by atoms with Crippen molar-refractivity contribution in [3.05, 3.63) is 12.7 Å². The van der Waals surface area contributed by atoms with Gasteiger partial charge in [0.1, 0.15) is 0 Å². The molecule has 0 radical (unpaired) electrons. The smallest absolute Gasteiger partial charge is 0.317 e. The van der Waals surface area contributed by atoms with Gasteiger partial charge in [-0.2, -0.15) is 0 Å². The zero-order chi connectivity index (χ0) is 10.3. The summed E-state index contributed by atoms with van der Waals surface area (Å²) < 4.78 is 0. The maximum atomic E-state index is 10.5. The van der Waals surface area contributed by atoms with Crippen LogP contribution in [0.25, 0.3) is 0 Å². The molecular weight excluding hydrogens is 166 g/mol. The van der Waals surface area contributed by atoms with Crippen LogP contribution in [0.5, 0.6) is 0 Å². The molecule has 0 aliphatic carbocycles. The minimum absolute atomic E-state index is 0.104. The molecule has 3 heteroatoms. The van der Waals surface area contributed by atoms with E-state index in [0.717, 1.165) is 12.8 Å². The number of aliphatic carboxylic acids is 1. The number of nitrogens with zero attached hydrogens (tertiary/aromatic N) is 1. The summed E-state index contributed by atoms with van der Waals surface area (Å²) in [6.07, 6.45) is 3.85. The van der Waals surface area contributed by atoms with E-state index in [1.54, 1.807) is 6.08 Å². The average Bonchev–Trinajstić information content (AvgIpc) is 2.03. The van der Waals surface area contributed by atoms with Crippen LogP contribution in [0.1, 0.15) is 26.7 Å². The first-order valence-corrected chi connectivity index (χ1v) is 4.68. The number of carbonyl (C=O) groups is 1. The zero-order valence-corrected chi connectivity index (χ0v) is 8.49. The third-order valence-electron chi connectivity index (χ3n) is 2.03. The Bertz CT molecular complexity index is 168. The predicted octanol–water partition coefficient (Wildman–Crippen LogP) is 1.75. The van der Waals surface area contributed by atoms with Gasteiger partial charge in [-0.15, -0.1) is 6.58 Å². The topological polar surface area (TPSA) is 40.5 Å². The Morgan fingerprint density at radius 3 is 2.69 bits per heavy atom. The molecule has 0 bridgehead atoms. The van der Waals surface area contributed by atoms with E-state index in [0.29, 0.717) is 12.6 Å². The van der Waals surface area contributed by atoms with Crippen LogP contribution in [-0.4, -0.2) is 35.1 Å². The SMILES string of the molecule is C=CCN(CC(=O)O)C(C)CCC. The first-order chi connectivity index (χ1) is 6.11. The van der Waals surface area contributed by atoms with Crippen LogP contribution in [0, 0.1) is 0 Å². The van der Waals surface area contributed by atoms with Gasteiger partial charge in [-0.25, -0.2) is 0 Å². The van der Waals surface area contributed by atoms with Gasteiger partial charge < -0.3 is 5.11 Å². The molecule has 1 N–H and O–H groups in total. The van der Waals surface area contributed by atoms with Gasteiger partial charge in [-0.3, -0.25) is 9.69 Å². The van der Waals surface area contributed by atoms with Gasteiger partial charge in [0, 0.05) is 12.6 Å². The van der Waals surface area contributed by atoms with Gasteiger partial charge in [-0.05, 0) is 13.3 Å². The van der Waals surface area contributed by atoms with Crippen LogP contribution >= 0.6 is 0 Å². The summed E-state index contributed by atoms with van der Waals surface area (Å²) in [6, 6.07) is 0.319. The second-order valence-electron chi connectivity index (χ2n) is 3.25. The Labute approximate surface area is 80.0 Å². The summed E-state index contributed by atoms with van der Waals surface area (Å²) in [6.45, 7) is 8.52. The molecule has 0 fully saturated rings. The minimum Gasteiger partial charge on any atom is -0.480 e. The average molecular weight is 185 g/mol. The lowest BCUT2D eigenvalue weighted by Crippen LogP contribution is -2.37. The Morgan fingerprint density at radius 2 is 2.31 bits per heavy atom. The van der Waals surface area contributed by atoms with E-state index in [1.165, 1.54) is 0 Å². The van der Waals surface area contributed by atoms with Crippen molar-refractivity contribution in [2.45, 2.75) is 32.7 Å². The molecular formula is C10H19NO2. The van der Waals surface area contributed by atoms with Crippen molar-refractivity contribution in [2.75, 3.05) is 13.1 Å². The molecule has 0 amide bonds. The van der Waals surface area contributed by atoms with Gasteiger partial charge in [0.2, 0.25) is 0 Å². The Kier molecular flexibility index (Phi) is 6.24. The third-order valence-corrected chi connectivity index (χ3v) is 2.03. The summed E-state index contributed by atoms with van der Waals surface area (Å²) >= 11 is 0. The van der Waals surface area contributed by atoms with Crippen LogP contribution in [0.3, 0.4) is 0 Å². The van der Waals surface area contributed by atoms with E-state index in [9.17, 15) is 4.79 Å². The largest absolute Gasteiger partial charge is 0.480 e. The van der Waals surface area contributed by atoms with Crippen molar-refractivity contribution >= 4 is 5.97 Å². The molecule has 76 valence electrons. The summed E-state index contributed by atoms with van der Waals surface area (Å²) in [4.78, 5) is 12.4. The molecule has 1 atom stereocenters. The number of rotatable bonds is 7. The minimum atomic E-state index is -0.773. The van der Waals surface area contributed by atoms with E-state index in [4.69, 9.17) is 5.11 Å². The lowest BCUT2D eigenvalue weighted by Gasteiger charge is -2.25. The highest BCUT2D eigenvalue weighted by molar-refractivity contribution is 5.69. The fourth-order valence-corrected chi connectivity index (χ4v) is 1.34. The van der Waals surface area contributed by atoms with Crippen molar-refractivity contribution in [1.82, 2.24) is 4.90 Å². The quantitative estimate of drug-likeness (QED) is 0.614. The van der Waals surface area contributed by atoms with E-state index >= 15 is 0 Å². The number of carboxylic acid groups (broad SMARTS) is 1. The molecule has 0 rings (SSSR count). The van der Waals surface area contributed by atoms with Crippen molar-refractivity contribution in [3.8, 4) is 0 Å². The lowest BCUT2D eigenvalue weighted by molar-refractivity contribution is -0.138. The Morgan fingerprint density at radius 1 is 1.69 bits per heavy atom. The molecule has 0 spiro atoms. The van der Waals surface area contributed by atoms with Crippen LogP contribution in [0.2, 0.25) is 0 Å². The Balaban J connectivity index is 4.04. The molecule has 1 unspecified atom stereocenters. The Hall–Kier alpha value is -0.830. The van der Waals surface area contributed by atoms with Gasteiger partial charge in [0.15, 0.2) is 0 Å². The standard InChI is InChI=1S/C10H19NO2/c1-4-6-9(3)11(7-5-2)8-10(12)13/h5,9H,2,4,6-8H2,1,3H3,(H,12,13). The van der Waals surface area contributed by atoms with Gasteiger partial charge in [0.05, 0.1) is 6.54 Å². The van der Waals surface area contributed by atoms with Gasteiger partial charge in [0.25, 0.3) is 0 Å².